The fourth-order valence-corrected chi connectivity index (χ4v) is 2.18. The molecule has 0 saturated heterocycles. The van der Waals surface area contributed by atoms with Crippen molar-refractivity contribution >= 4 is 17.5 Å². The third kappa shape index (κ3) is 6.59. The number of rotatable bonds is 3. The van der Waals surface area contributed by atoms with Crippen LogP contribution in [-0.2, 0) is 4.74 Å². The Morgan fingerprint density at radius 2 is 1.39 bits per heavy atom. The van der Waals surface area contributed by atoms with Gasteiger partial charge in [0.15, 0.2) is 11.6 Å². The van der Waals surface area contributed by atoms with E-state index in [1.54, 1.807) is 76.0 Å². The van der Waals surface area contributed by atoms with Crippen molar-refractivity contribution in [3.8, 4) is 11.6 Å². The van der Waals surface area contributed by atoms with Gasteiger partial charge in [0.25, 0.3) is 0 Å². The summed E-state index contributed by atoms with van der Waals surface area (Å²) in [5, 5.41) is 18.3. The number of carbonyl (C=O) groups excluding carboxylic acids is 1. The lowest BCUT2D eigenvalue weighted by Crippen LogP contribution is -2.27. The molecule has 0 radical (unpaired) electrons. The van der Waals surface area contributed by atoms with Crippen LogP contribution in [-0.4, -0.2) is 51.6 Å². The predicted molar refractivity (Wildman–Crippen MR) is 113 cm³/mol. The Morgan fingerprint density at radius 3 is 1.81 bits per heavy atom. The molecule has 0 aromatic carbocycles. The van der Waals surface area contributed by atoms with Crippen molar-refractivity contribution in [3.05, 3.63) is 61.4 Å². The van der Waals surface area contributed by atoms with Crippen molar-refractivity contribution in [2.45, 2.75) is 26.4 Å². The molecule has 0 aliphatic heterocycles. The summed E-state index contributed by atoms with van der Waals surface area (Å²) in [5.74, 6) is 1.23. The van der Waals surface area contributed by atoms with Gasteiger partial charge in [-0.25, -0.2) is 14.8 Å². The normalized spacial score (nSPS) is 10.7. The van der Waals surface area contributed by atoms with Crippen LogP contribution in [0, 0.1) is 0 Å². The van der Waals surface area contributed by atoms with Crippen LogP contribution in [0.1, 0.15) is 20.8 Å². The number of nitrogens with zero attached hydrogens (tertiary/aromatic N) is 8. The molecule has 3 N–H and O–H groups in total. The number of ether oxygens (including phenoxy) is 1. The van der Waals surface area contributed by atoms with E-state index < -0.39 is 11.7 Å². The predicted octanol–water partition coefficient (Wildman–Crippen LogP) is 2.25. The number of hydrogen-bond acceptors (Lipinski definition) is 9. The Hall–Kier alpha value is -4.35. The molecule has 0 atom stereocenters. The molecule has 4 heterocycles. The summed E-state index contributed by atoms with van der Waals surface area (Å²) in [5.41, 5.74) is 6.11. The van der Waals surface area contributed by atoms with E-state index in [2.05, 4.69) is 35.7 Å². The molecule has 0 saturated carbocycles. The molecule has 4 aromatic rings. The van der Waals surface area contributed by atoms with Gasteiger partial charge in [0.1, 0.15) is 5.60 Å². The zero-order valence-corrected chi connectivity index (χ0v) is 17.2. The summed E-state index contributed by atoms with van der Waals surface area (Å²) in [7, 11) is 0. The highest BCUT2D eigenvalue weighted by atomic mass is 16.6. The summed E-state index contributed by atoms with van der Waals surface area (Å²) < 4.78 is 5.14. The second-order valence-corrected chi connectivity index (χ2v) is 7.12. The molecule has 0 unspecified atom stereocenters. The first-order chi connectivity index (χ1) is 14.8. The van der Waals surface area contributed by atoms with Crippen LogP contribution in [0.15, 0.2) is 61.4 Å². The Labute approximate surface area is 178 Å². The van der Waals surface area contributed by atoms with E-state index >= 15 is 0 Å². The summed E-state index contributed by atoms with van der Waals surface area (Å²) >= 11 is 0. The quantitative estimate of drug-likeness (QED) is 0.506. The molecule has 0 aliphatic rings. The number of aromatic nitrogens is 8. The standard InChI is InChI=1S/C12H15N5O2.C7H7N5/c1-12(2,3)19-11(18)16-9-4-5-10(13-8-9)17-14-6-7-15-17;8-6-1-2-7(9-5-6)12-10-3-4-11-12/h4-8H,1-3H3,(H,16,18);1-5H,8H2. The zero-order chi connectivity index (χ0) is 22.3. The summed E-state index contributed by atoms with van der Waals surface area (Å²) in [6.07, 6.45) is 8.89. The average molecular weight is 422 g/mol. The van der Waals surface area contributed by atoms with Gasteiger partial charge in [0.2, 0.25) is 0 Å². The Bertz CT molecular complexity index is 1070. The minimum atomic E-state index is -0.531. The molecule has 31 heavy (non-hydrogen) atoms. The second-order valence-electron chi connectivity index (χ2n) is 7.12. The van der Waals surface area contributed by atoms with Crippen LogP contribution < -0.4 is 11.1 Å². The van der Waals surface area contributed by atoms with Gasteiger partial charge >= 0.3 is 6.09 Å². The lowest BCUT2D eigenvalue weighted by molar-refractivity contribution is 0.0636. The van der Waals surface area contributed by atoms with Crippen LogP contribution in [0.5, 0.6) is 0 Å². The molecule has 160 valence electrons. The second kappa shape index (κ2) is 9.43. The number of carbonyl (C=O) groups is 1. The molecular weight excluding hydrogens is 400 g/mol. The number of nitrogen functional groups attached to an aromatic ring is 1. The summed E-state index contributed by atoms with van der Waals surface area (Å²) in [6.45, 7) is 5.41. The van der Waals surface area contributed by atoms with Gasteiger partial charge in [0, 0.05) is 0 Å². The lowest BCUT2D eigenvalue weighted by atomic mass is 10.2. The molecule has 4 aromatic heterocycles. The number of pyridine rings is 2. The van der Waals surface area contributed by atoms with Gasteiger partial charge in [0.05, 0.1) is 48.6 Å². The summed E-state index contributed by atoms with van der Waals surface area (Å²) in [6, 6.07) is 6.92. The van der Waals surface area contributed by atoms with Crippen LogP contribution in [0.3, 0.4) is 0 Å². The molecular formula is C19H22N10O2. The third-order valence-corrected chi connectivity index (χ3v) is 3.41. The Morgan fingerprint density at radius 1 is 0.871 bits per heavy atom. The van der Waals surface area contributed by atoms with Crippen molar-refractivity contribution in [2.75, 3.05) is 11.1 Å². The molecule has 12 heteroatoms. The fourth-order valence-electron chi connectivity index (χ4n) is 2.18. The van der Waals surface area contributed by atoms with Crippen molar-refractivity contribution in [1.29, 1.82) is 0 Å². The number of nitrogens with one attached hydrogen (secondary N) is 1. The van der Waals surface area contributed by atoms with E-state index in [0.29, 0.717) is 23.0 Å². The fraction of sp³-hybridized carbons (Fsp3) is 0.211. The van der Waals surface area contributed by atoms with Gasteiger partial charge < -0.3 is 10.5 Å². The monoisotopic (exact) mass is 422 g/mol. The highest BCUT2D eigenvalue weighted by Crippen LogP contribution is 2.12. The first-order valence-electron chi connectivity index (χ1n) is 9.21. The summed E-state index contributed by atoms with van der Waals surface area (Å²) in [4.78, 5) is 22.5. The highest BCUT2D eigenvalue weighted by Gasteiger charge is 2.16. The van der Waals surface area contributed by atoms with E-state index in [0.717, 1.165) is 0 Å². The number of hydrogen-bond donors (Lipinski definition) is 2. The van der Waals surface area contributed by atoms with Crippen LogP contribution in [0.25, 0.3) is 11.6 Å². The van der Waals surface area contributed by atoms with Gasteiger partial charge in [-0.15, -0.1) is 9.59 Å². The van der Waals surface area contributed by atoms with Crippen molar-refractivity contribution in [1.82, 2.24) is 40.0 Å². The maximum absolute atomic E-state index is 11.6. The molecule has 1 amide bonds. The van der Waals surface area contributed by atoms with E-state index in [-0.39, 0.29) is 0 Å². The third-order valence-electron chi connectivity index (χ3n) is 3.41. The average Bonchev–Trinajstić information content (AvgIpc) is 3.43. The van der Waals surface area contributed by atoms with Crippen LogP contribution in [0.4, 0.5) is 16.2 Å². The van der Waals surface area contributed by atoms with Crippen molar-refractivity contribution in [3.63, 3.8) is 0 Å². The van der Waals surface area contributed by atoms with E-state index in [9.17, 15) is 4.79 Å². The van der Waals surface area contributed by atoms with E-state index in [1.807, 2.05) is 0 Å². The molecule has 0 fully saturated rings. The maximum atomic E-state index is 11.6. The number of anilines is 2. The van der Waals surface area contributed by atoms with Crippen LogP contribution >= 0.6 is 0 Å². The molecule has 0 bridgehead atoms. The number of nitrogens with two attached hydrogens (primary N) is 1. The molecule has 0 aliphatic carbocycles. The molecule has 12 nitrogen and oxygen atoms in total. The highest BCUT2D eigenvalue weighted by molar-refractivity contribution is 5.84. The first kappa shape index (κ1) is 21.4. The smallest absolute Gasteiger partial charge is 0.412 e. The Kier molecular flexibility index (Phi) is 6.50. The number of amides is 1. The van der Waals surface area contributed by atoms with Crippen LogP contribution in [0.2, 0.25) is 0 Å². The topological polar surface area (TPSA) is 152 Å². The SMILES string of the molecule is CC(C)(C)OC(=O)Nc1ccc(-n2nccn2)nc1.Nc1ccc(-n2nccn2)nc1. The van der Waals surface area contributed by atoms with Gasteiger partial charge in [-0.2, -0.15) is 20.4 Å². The largest absolute Gasteiger partial charge is 0.444 e. The van der Waals surface area contributed by atoms with E-state index in [4.69, 9.17) is 10.5 Å². The maximum Gasteiger partial charge on any atom is 0.412 e. The van der Waals surface area contributed by atoms with E-state index in [1.165, 1.54) is 15.8 Å². The van der Waals surface area contributed by atoms with Gasteiger partial charge in [-0.3, -0.25) is 5.32 Å². The first-order valence-corrected chi connectivity index (χ1v) is 9.21. The zero-order valence-electron chi connectivity index (χ0n) is 17.2. The Balaban J connectivity index is 0.000000194. The minimum Gasteiger partial charge on any atom is -0.444 e. The molecule has 4 rings (SSSR count). The van der Waals surface area contributed by atoms with Gasteiger partial charge in [-0.05, 0) is 45.0 Å². The van der Waals surface area contributed by atoms with Crippen molar-refractivity contribution < 1.29 is 9.53 Å². The minimum absolute atomic E-state index is 0.515. The lowest BCUT2D eigenvalue weighted by Gasteiger charge is -2.19. The van der Waals surface area contributed by atoms with Crippen molar-refractivity contribution in [2.24, 2.45) is 0 Å². The molecule has 0 spiro atoms. The van der Waals surface area contributed by atoms with Gasteiger partial charge in [-0.1, -0.05) is 0 Å².